The maximum Gasteiger partial charge on any atom is 0.195 e. The second-order valence-corrected chi connectivity index (χ2v) is 4.81. The molecule has 2 rings (SSSR count). The molecule has 19 heavy (non-hydrogen) atoms. The first-order valence-electron chi connectivity index (χ1n) is 5.48. The molecule has 0 saturated carbocycles. The van der Waals surface area contributed by atoms with Gasteiger partial charge in [0.15, 0.2) is 10.8 Å². The maximum absolute atomic E-state index is 11.9. The molecule has 0 fully saturated rings. The highest BCUT2D eigenvalue weighted by molar-refractivity contribution is 7.15. The van der Waals surface area contributed by atoms with Crippen LogP contribution in [0.25, 0.3) is 6.08 Å². The molecule has 0 atom stereocenters. The molecule has 2 N–H and O–H groups in total. The molecule has 1 aromatic carbocycles. The highest BCUT2D eigenvalue weighted by Gasteiger charge is 2.07. The lowest BCUT2D eigenvalue weighted by molar-refractivity contribution is 0.105. The topological polar surface area (TPSA) is 66.8 Å². The number of phenols is 2. The lowest BCUT2D eigenvalue weighted by atomic mass is 10.1. The fourth-order valence-electron chi connectivity index (χ4n) is 1.49. The van der Waals surface area contributed by atoms with Crippen molar-refractivity contribution >= 4 is 23.2 Å². The SMILES string of the molecule is COc1ccc(C(=O)/C=C/c2cc(O)ccc2O)s1. The maximum atomic E-state index is 11.9. The Labute approximate surface area is 114 Å². The largest absolute Gasteiger partial charge is 0.508 e. The third-order valence-electron chi connectivity index (χ3n) is 2.45. The number of phenolic OH excluding ortho intramolecular Hbond substituents is 2. The Kier molecular flexibility index (Phi) is 3.87. The minimum absolute atomic E-state index is 0.00519. The standard InChI is InChI=1S/C14H12O4S/c1-18-14-7-6-13(19-14)12(17)4-2-9-8-10(15)3-5-11(9)16/h2-8,15-16H,1H3/b4-2+. The van der Waals surface area contributed by atoms with Gasteiger partial charge < -0.3 is 14.9 Å². The van der Waals surface area contributed by atoms with Gasteiger partial charge in [0.2, 0.25) is 0 Å². The molecular formula is C14H12O4S. The molecule has 0 bridgehead atoms. The summed E-state index contributed by atoms with van der Waals surface area (Å²) in [4.78, 5) is 12.4. The average molecular weight is 276 g/mol. The Hall–Kier alpha value is -2.27. The molecule has 0 radical (unpaired) electrons. The number of ether oxygens (including phenoxy) is 1. The number of methoxy groups -OCH3 is 1. The van der Waals surface area contributed by atoms with E-state index < -0.39 is 0 Å². The van der Waals surface area contributed by atoms with Crippen molar-refractivity contribution in [1.29, 1.82) is 0 Å². The van der Waals surface area contributed by atoms with Gasteiger partial charge in [-0.2, -0.15) is 0 Å². The van der Waals surface area contributed by atoms with E-state index in [1.165, 1.54) is 41.7 Å². The van der Waals surface area contributed by atoms with Gasteiger partial charge in [-0.05, 0) is 42.5 Å². The van der Waals surface area contributed by atoms with Gasteiger partial charge >= 0.3 is 0 Å². The molecule has 2 aromatic rings. The van der Waals surface area contributed by atoms with Crippen LogP contribution >= 0.6 is 11.3 Å². The monoisotopic (exact) mass is 276 g/mol. The summed E-state index contributed by atoms with van der Waals surface area (Å²) in [6.45, 7) is 0. The zero-order valence-corrected chi connectivity index (χ0v) is 11.0. The lowest BCUT2D eigenvalue weighted by Gasteiger charge is -1.99. The summed E-state index contributed by atoms with van der Waals surface area (Å²) in [5, 5.41) is 19.5. The number of aromatic hydroxyl groups is 2. The molecule has 0 aliphatic carbocycles. The number of carbonyl (C=O) groups excluding carboxylic acids is 1. The predicted molar refractivity (Wildman–Crippen MR) is 74.0 cm³/mol. The van der Waals surface area contributed by atoms with Gasteiger partial charge in [0.05, 0.1) is 12.0 Å². The Morgan fingerprint density at radius 3 is 2.74 bits per heavy atom. The summed E-state index contributed by atoms with van der Waals surface area (Å²) in [5.74, 6) is -0.149. The number of rotatable bonds is 4. The number of hydrogen-bond donors (Lipinski definition) is 2. The second-order valence-electron chi connectivity index (χ2n) is 3.76. The molecule has 0 amide bonds. The van der Waals surface area contributed by atoms with Gasteiger partial charge in [0.1, 0.15) is 11.5 Å². The second kappa shape index (κ2) is 5.58. The highest BCUT2D eigenvalue weighted by atomic mass is 32.1. The van der Waals surface area contributed by atoms with Crippen LogP contribution in [-0.2, 0) is 0 Å². The molecule has 0 aliphatic heterocycles. The van der Waals surface area contributed by atoms with Crippen molar-refractivity contribution in [2.75, 3.05) is 7.11 Å². The van der Waals surface area contributed by atoms with E-state index in [9.17, 15) is 15.0 Å². The van der Waals surface area contributed by atoms with Crippen molar-refractivity contribution in [2.45, 2.75) is 0 Å². The Morgan fingerprint density at radius 1 is 1.26 bits per heavy atom. The first kappa shape index (κ1) is 13.2. The molecule has 98 valence electrons. The van der Waals surface area contributed by atoms with Gasteiger partial charge in [-0.15, -0.1) is 0 Å². The Balaban J connectivity index is 2.18. The number of ketones is 1. The molecule has 0 saturated heterocycles. The third-order valence-corrected chi connectivity index (χ3v) is 3.51. The molecular weight excluding hydrogens is 264 g/mol. The van der Waals surface area contributed by atoms with E-state index in [-0.39, 0.29) is 17.3 Å². The van der Waals surface area contributed by atoms with Crippen molar-refractivity contribution in [1.82, 2.24) is 0 Å². The molecule has 1 aromatic heterocycles. The first-order chi connectivity index (χ1) is 9.10. The highest BCUT2D eigenvalue weighted by Crippen LogP contribution is 2.26. The van der Waals surface area contributed by atoms with E-state index >= 15 is 0 Å². The Bertz CT molecular complexity index is 628. The van der Waals surface area contributed by atoms with Crippen molar-refractivity contribution < 1.29 is 19.7 Å². The quantitative estimate of drug-likeness (QED) is 0.511. The summed E-state index contributed by atoms with van der Waals surface area (Å²) in [7, 11) is 1.54. The van der Waals surface area contributed by atoms with Crippen molar-refractivity contribution in [3.63, 3.8) is 0 Å². The minimum Gasteiger partial charge on any atom is -0.508 e. The average Bonchev–Trinajstić information content (AvgIpc) is 2.88. The van der Waals surface area contributed by atoms with Crippen LogP contribution < -0.4 is 4.74 Å². The molecule has 0 unspecified atom stereocenters. The van der Waals surface area contributed by atoms with E-state index in [1.54, 1.807) is 19.2 Å². The van der Waals surface area contributed by atoms with Crippen molar-refractivity contribution in [3.05, 3.63) is 46.8 Å². The molecule has 4 nitrogen and oxygen atoms in total. The fourth-order valence-corrected chi connectivity index (χ4v) is 2.23. The minimum atomic E-state index is -0.184. The molecule has 5 heteroatoms. The zero-order valence-electron chi connectivity index (χ0n) is 10.2. The smallest absolute Gasteiger partial charge is 0.195 e. The van der Waals surface area contributed by atoms with E-state index in [2.05, 4.69) is 0 Å². The van der Waals surface area contributed by atoms with Gasteiger partial charge in [-0.3, -0.25) is 4.79 Å². The Morgan fingerprint density at radius 2 is 2.05 bits per heavy atom. The van der Waals surface area contributed by atoms with Gasteiger partial charge in [-0.1, -0.05) is 11.3 Å². The third kappa shape index (κ3) is 3.14. The fraction of sp³-hybridized carbons (Fsp3) is 0.0714. The normalized spacial score (nSPS) is 10.8. The van der Waals surface area contributed by atoms with Gasteiger partial charge in [-0.25, -0.2) is 0 Å². The van der Waals surface area contributed by atoms with Crippen LogP contribution in [0.3, 0.4) is 0 Å². The number of benzene rings is 1. The summed E-state index contributed by atoms with van der Waals surface area (Å²) in [5.41, 5.74) is 0.386. The summed E-state index contributed by atoms with van der Waals surface area (Å²) in [6.07, 6.45) is 2.81. The van der Waals surface area contributed by atoms with E-state index in [4.69, 9.17) is 4.74 Å². The van der Waals surface area contributed by atoms with Crippen molar-refractivity contribution in [3.8, 4) is 16.6 Å². The van der Waals surface area contributed by atoms with Gasteiger partial charge in [0.25, 0.3) is 0 Å². The van der Waals surface area contributed by atoms with E-state index in [0.717, 1.165) is 0 Å². The number of hydrogen-bond acceptors (Lipinski definition) is 5. The van der Waals surface area contributed by atoms with Crippen molar-refractivity contribution in [2.24, 2.45) is 0 Å². The summed E-state index contributed by atoms with van der Waals surface area (Å²) >= 11 is 1.25. The zero-order chi connectivity index (χ0) is 13.8. The molecule has 1 heterocycles. The van der Waals surface area contributed by atoms with Crippen LogP contribution in [0.4, 0.5) is 0 Å². The lowest BCUT2D eigenvalue weighted by Crippen LogP contribution is -1.88. The molecule has 0 aliphatic rings. The van der Waals surface area contributed by atoms with Crippen LogP contribution in [0.15, 0.2) is 36.4 Å². The van der Waals surface area contributed by atoms with E-state index in [0.29, 0.717) is 15.5 Å². The van der Waals surface area contributed by atoms with Crippen LogP contribution in [0.1, 0.15) is 15.2 Å². The van der Waals surface area contributed by atoms with Crippen LogP contribution in [0.2, 0.25) is 0 Å². The summed E-state index contributed by atoms with van der Waals surface area (Å²) < 4.78 is 5.01. The van der Waals surface area contributed by atoms with Crippen LogP contribution in [0, 0.1) is 0 Å². The van der Waals surface area contributed by atoms with Gasteiger partial charge in [0, 0.05) is 5.56 Å². The van der Waals surface area contributed by atoms with Crippen LogP contribution in [0.5, 0.6) is 16.6 Å². The number of thiophene rings is 1. The number of carbonyl (C=O) groups is 1. The summed E-state index contributed by atoms with van der Waals surface area (Å²) in [6, 6.07) is 7.52. The molecule has 0 spiro atoms. The number of allylic oxidation sites excluding steroid dienone is 1. The first-order valence-corrected chi connectivity index (χ1v) is 6.30. The van der Waals surface area contributed by atoms with Crippen LogP contribution in [-0.4, -0.2) is 23.1 Å². The predicted octanol–water partition coefficient (Wildman–Crippen LogP) is 3.06. The van der Waals surface area contributed by atoms with E-state index in [1.807, 2.05) is 0 Å².